The van der Waals surface area contributed by atoms with Crippen LogP contribution in [0, 0.1) is 17.8 Å². The second-order valence-electron chi connectivity index (χ2n) is 7.75. The van der Waals surface area contributed by atoms with Gasteiger partial charge in [0.25, 0.3) is 0 Å². The lowest BCUT2D eigenvalue weighted by Crippen LogP contribution is -2.49. The van der Waals surface area contributed by atoms with E-state index in [1.54, 1.807) is 0 Å². The highest BCUT2D eigenvalue weighted by Gasteiger charge is 2.40. The van der Waals surface area contributed by atoms with E-state index in [1.165, 1.54) is 19.3 Å². The maximum atomic E-state index is 12.6. The minimum absolute atomic E-state index is 0.121. The summed E-state index contributed by atoms with van der Waals surface area (Å²) in [6, 6.07) is 6.22. The Hall–Kier alpha value is -1.75. The number of nitrogens with one attached hydrogen (secondary N) is 1. The number of carbonyl (C=O) groups is 1. The highest BCUT2D eigenvalue weighted by Crippen LogP contribution is 2.42. The molecule has 2 bridgehead atoms. The number of benzene rings is 1. The average Bonchev–Trinajstić information content (AvgIpc) is 2.84. The molecular weight excluding hydrogens is 316 g/mol. The van der Waals surface area contributed by atoms with E-state index in [1.807, 2.05) is 18.2 Å². The molecule has 1 aromatic rings. The lowest BCUT2D eigenvalue weighted by molar-refractivity contribution is -0.128. The van der Waals surface area contributed by atoms with E-state index < -0.39 is 0 Å². The van der Waals surface area contributed by atoms with Crippen molar-refractivity contribution >= 4 is 5.91 Å². The van der Waals surface area contributed by atoms with Crippen molar-refractivity contribution in [1.29, 1.82) is 0 Å². The van der Waals surface area contributed by atoms with Gasteiger partial charge in [0.05, 0.1) is 13.2 Å². The van der Waals surface area contributed by atoms with Gasteiger partial charge < -0.3 is 20.5 Å². The van der Waals surface area contributed by atoms with Crippen molar-refractivity contribution in [3.63, 3.8) is 0 Å². The molecule has 2 atom stereocenters. The number of amides is 1. The first-order valence-electron chi connectivity index (χ1n) is 9.62. The normalized spacial score (nSPS) is 31.1. The Labute approximate surface area is 149 Å². The Morgan fingerprint density at radius 2 is 1.80 bits per heavy atom. The van der Waals surface area contributed by atoms with Crippen LogP contribution < -0.4 is 20.5 Å². The third kappa shape index (κ3) is 3.61. The zero-order chi connectivity index (χ0) is 17.2. The van der Waals surface area contributed by atoms with Crippen molar-refractivity contribution in [3.8, 4) is 11.5 Å². The number of hydrogen-bond donors (Lipinski definition) is 2. The molecule has 25 heavy (non-hydrogen) atoms. The van der Waals surface area contributed by atoms with Crippen molar-refractivity contribution < 1.29 is 14.3 Å². The van der Waals surface area contributed by atoms with Crippen molar-refractivity contribution in [3.05, 3.63) is 23.8 Å². The Morgan fingerprint density at radius 3 is 2.56 bits per heavy atom. The van der Waals surface area contributed by atoms with Crippen LogP contribution >= 0.6 is 0 Å². The zero-order valence-electron chi connectivity index (χ0n) is 14.7. The topological polar surface area (TPSA) is 73.6 Å². The lowest BCUT2D eigenvalue weighted by atomic mass is 9.65. The average molecular weight is 344 g/mol. The largest absolute Gasteiger partial charge is 0.490 e. The standard InChI is InChI=1S/C20H28N2O3/c21-19-14-3-1-4-15(19)11-16(10-14)20(23)22-12-13-5-6-17-18(9-13)25-8-2-7-24-17/h5-6,9,14-16,19H,1-4,7-8,10-12,21H2,(H,22,23). The first kappa shape index (κ1) is 16.7. The zero-order valence-corrected chi connectivity index (χ0v) is 14.7. The predicted molar refractivity (Wildman–Crippen MR) is 95.4 cm³/mol. The van der Waals surface area contributed by atoms with Gasteiger partial charge in [0.1, 0.15) is 0 Å². The molecule has 136 valence electrons. The molecule has 0 aromatic heterocycles. The molecule has 4 rings (SSSR count). The second-order valence-corrected chi connectivity index (χ2v) is 7.75. The molecule has 3 aliphatic rings. The van der Waals surface area contributed by atoms with Crippen LogP contribution in [-0.4, -0.2) is 25.2 Å². The molecule has 5 heteroatoms. The first-order chi connectivity index (χ1) is 12.2. The number of ether oxygens (including phenoxy) is 2. The smallest absolute Gasteiger partial charge is 0.223 e. The molecular formula is C20H28N2O3. The van der Waals surface area contributed by atoms with Crippen LogP contribution in [0.4, 0.5) is 0 Å². The molecule has 1 aromatic carbocycles. The fraction of sp³-hybridized carbons (Fsp3) is 0.650. The van der Waals surface area contributed by atoms with Gasteiger partial charge in [-0.25, -0.2) is 0 Å². The summed E-state index contributed by atoms with van der Waals surface area (Å²) in [7, 11) is 0. The lowest BCUT2D eigenvalue weighted by Gasteiger charge is -2.43. The molecule has 2 saturated carbocycles. The summed E-state index contributed by atoms with van der Waals surface area (Å²) < 4.78 is 11.4. The number of nitrogens with two attached hydrogens (primary N) is 1. The third-order valence-corrected chi connectivity index (χ3v) is 6.06. The molecule has 1 heterocycles. The van der Waals surface area contributed by atoms with E-state index in [9.17, 15) is 4.79 Å². The molecule has 0 spiro atoms. The van der Waals surface area contributed by atoms with Crippen LogP contribution in [-0.2, 0) is 11.3 Å². The van der Waals surface area contributed by atoms with Crippen LogP contribution in [0.5, 0.6) is 11.5 Å². The van der Waals surface area contributed by atoms with Crippen LogP contribution in [0.3, 0.4) is 0 Å². The number of rotatable bonds is 3. The van der Waals surface area contributed by atoms with E-state index in [4.69, 9.17) is 15.2 Å². The number of hydrogen-bond acceptors (Lipinski definition) is 4. The highest BCUT2D eigenvalue weighted by molar-refractivity contribution is 5.78. The van der Waals surface area contributed by atoms with Gasteiger partial charge in [-0.05, 0) is 55.2 Å². The van der Waals surface area contributed by atoms with Crippen LogP contribution in [0.15, 0.2) is 18.2 Å². The Balaban J connectivity index is 1.35. The summed E-state index contributed by atoms with van der Waals surface area (Å²) in [5.74, 6) is 2.93. The minimum atomic E-state index is 0.121. The molecule has 1 amide bonds. The summed E-state index contributed by atoms with van der Waals surface area (Å²) >= 11 is 0. The summed E-state index contributed by atoms with van der Waals surface area (Å²) in [5, 5.41) is 3.12. The fourth-order valence-electron chi connectivity index (χ4n) is 4.65. The second kappa shape index (κ2) is 7.24. The van der Waals surface area contributed by atoms with Crippen LogP contribution in [0.2, 0.25) is 0 Å². The minimum Gasteiger partial charge on any atom is -0.490 e. The Bertz CT molecular complexity index is 619. The van der Waals surface area contributed by atoms with Crippen molar-refractivity contribution in [2.24, 2.45) is 23.5 Å². The van der Waals surface area contributed by atoms with E-state index in [2.05, 4.69) is 5.32 Å². The van der Waals surface area contributed by atoms with Crippen LogP contribution in [0.1, 0.15) is 44.1 Å². The molecule has 2 unspecified atom stereocenters. The molecule has 0 radical (unpaired) electrons. The van der Waals surface area contributed by atoms with Gasteiger partial charge in [-0.3, -0.25) is 4.79 Å². The van der Waals surface area contributed by atoms with Gasteiger partial charge in [-0.15, -0.1) is 0 Å². The fourth-order valence-corrected chi connectivity index (χ4v) is 4.65. The summed E-state index contributed by atoms with van der Waals surface area (Å²) in [6.45, 7) is 1.90. The molecule has 0 saturated heterocycles. The maximum absolute atomic E-state index is 12.6. The third-order valence-electron chi connectivity index (χ3n) is 6.06. The molecule has 1 aliphatic heterocycles. The van der Waals surface area contributed by atoms with Crippen LogP contribution in [0.25, 0.3) is 0 Å². The van der Waals surface area contributed by atoms with Gasteiger partial charge in [0.15, 0.2) is 11.5 Å². The van der Waals surface area contributed by atoms with Gasteiger partial charge in [0, 0.05) is 24.9 Å². The Morgan fingerprint density at radius 1 is 1.08 bits per heavy atom. The molecule has 2 fully saturated rings. The monoisotopic (exact) mass is 344 g/mol. The summed E-state index contributed by atoms with van der Waals surface area (Å²) in [5.41, 5.74) is 7.38. The van der Waals surface area contributed by atoms with E-state index in [-0.39, 0.29) is 11.8 Å². The van der Waals surface area contributed by atoms with Gasteiger partial charge in [-0.2, -0.15) is 0 Å². The van der Waals surface area contributed by atoms with Gasteiger partial charge in [-0.1, -0.05) is 12.5 Å². The Kier molecular flexibility index (Phi) is 4.84. The summed E-state index contributed by atoms with van der Waals surface area (Å²) in [6.07, 6.45) is 6.43. The van der Waals surface area contributed by atoms with E-state index in [0.29, 0.717) is 37.6 Å². The van der Waals surface area contributed by atoms with Gasteiger partial charge in [0.2, 0.25) is 5.91 Å². The SMILES string of the molecule is NC1C2CCCC1CC(C(=O)NCc1ccc3c(c1)OCCCO3)C2. The molecule has 5 nitrogen and oxygen atoms in total. The quantitative estimate of drug-likeness (QED) is 0.884. The first-order valence-corrected chi connectivity index (χ1v) is 9.62. The van der Waals surface area contributed by atoms with E-state index in [0.717, 1.165) is 36.3 Å². The maximum Gasteiger partial charge on any atom is 0.223 e. The van der Waals surface area contributed by atoms with Crippen molar-refractivity contribution in [1.82, 2.24) is 5.32 Å². The molecule has 2 aliphatic carbocycles. The van der Waals surface area contributed by atoms with Crippen molar-refractivity contribution in [2.45, 2.75) is 51.1 Å². The van der Waals surface area contributed by atoms with Crippen molar-refractivity contribution in [2.75, 3.05) is 13.2 Å². The number of carbonyl (C=O) groups excluding carboxylic acids is 1. The van der Waals surface area contributed by atoms with Gasteiger partial charge >= 0.3 is 0 Å². The highest BCUT2D eigenvalue weighted by atomic mass is 16.5. The predicted octanol–water partition coefficient (Wildman–Crippen LogP) is 2.62. The summed E-state index contributed by atoms with van der Waals surface area (Å²) in [4.78, 5) is 12.6. The van der Waals surface area contributed by atoms with E-state index >= 15 is 0 Å². The number of fused-ring (bicyclic) bond motifs is 3. The molecule has 3 N–H and O–H groups in total.